The Labute approximate surface area is 263 Å². The molecule has 0 bridgehead atoms. The molecular formula is C33H28ClN7O2S. The van der Waals surface area contributed by atoms with Gasteiger partial charge in [0.15, 0.2) is 4.96 Å². The number of carbonyl (C=O) groups is 1. The number of amides is 1. The van der Waals surface area contributed by atoms with E-state index in [1.165, 1.54) is 5.56 Å². The van der Waals surface area contributed by atoms with E-state index in [0.717, 1.165) is 66.1 Å². The molecule has 0 aliphatic carbocycles. The van der Waals surface area contributed by atoms with Gasteiger partial charge in [-0.15, -0.1) is 11.3 Å². The molecule has 44 heavy (non-hydrogen) atoms. The third-order valence-corrected chi connectivity index (χ3v) is 8.45. The molecule has 4 heterocycles. The van der Waals surface area contributed by atoms with Gasteiger partial charge in [-0.2, -0.15) is 0 Å². The lowest BCUT2D eigenvalue weighted by Crippen LogP contribution is -2.35. The van der Waals surface area contributed by atoms with Gasteiger partial charge in [-0.1, -0.05) is 48.0 Å². The molecule has 9 nitrogen and oxygen atoms in total. The highest BCUT2D eigenvalue weighted by Crippen LogP contribution is 2.35. The molecule has 11 heteroatoms. The first-order valence-electron chi connectivity index (χ1n) is 14.2. The fourth-order valence-corrected chi connectivity index (χ4v) is 6.20. The number of anilines is 3. The summed E-state index contributed by atoms with van der Waals surface area (Å²) < 4.78 is 7.52. The number of imidazole rings is 1. The van der Waals surface area contributed by atoms with Gasteiger partial charge >= 0.3 is 0 Å². The van der Waals surface area contributed by atoms with E-state index < -0.39 is 0 Å². The van der Waals surface area contributed by atoms with Crippen LogP contribution < -0.4 is 10.6 Å². The van der Waals surface area contributed by atoms with Crippen molar-refractivity contribution < 1.29 is 9.53 Å². The van der Waals surface area contributed by atoms with Gasteiger partial charge in [0, 0.05) is 54.3 Å². The van der Waals surface area contributed by atoms with Crippen LogP contribution in [-0.4, -0.2) is 56.5 Å². The molecule has 0 atom stereocenters. The summed E-state index contributed by atoms with van der Waals surface area (Å²) in [4.78, 5) is 30.5. The average Bonchev–Trinajstić information content (AvgIpc) is 3.64. The molecule has 0 spiro atoms. The van der Waals surface area contributed by atoms with E-state index >= 15 is 0 Å². The first kappa shape index (κ1) is 28.2. The van der Waals surface area contributed by atoms with Crippen LogP contribution in [0.1, 0.15) is 15.9 Å². The summed E-state index contributed by atoms with van der Waals surface area (Å²) in [6.45, 7) is 4.28. The first-order valence-corrected chi connectivity index (χ1v) is 15.5. The van der Waals surface area contributed by atoms with Crippen molar-refractivity contribution in [3.63, 3.8) is 0 Å². The molecule has 3 aromatic heterocycles. The third kappa shape index (κ3) is 6.06. The largest absolute Gasteiger partial charge is 0.379 e. The number of benzene rings is 3. The van der Waals surface area contributed by atoms with E-state index in [0.29, 0.717) is 22.2 Å². The zero-order valence-corrected chi connectivity index (χ0v) is 25.2. The maximum Gasteiger partial charge on any atom is 0.257 e. The number of hydrogen-bond acceptors (Lipinski definition) is 8. The second-order valence-corrected chi connectivity index (χ2v) is 11.6. The van der Waals surface area contributed by atoms with Gasteiger partial charge < -0.3 is 15.4 Å². The second kappa shape index (κ2) is 12.6. The van der Waals surface area contributed by atoms with Crippen LogP contribution in [0, 0.1) is 0 Å². The van der Waals surface area contributed by atoms with Crippen LogP contribution in [0.2, 0.25) is 5.02 Å². The van der Waals surface area contributed by atoms with Crippen molar-refractivity contribution in [2.24, 2.45) is 0 Å². The molecule has 1 amide bonds. The molecule has 7 rings (SSSR count). The predicted octanol–water partition coefficient (Wildman–Crippen LogP) is 7.00. The lowest BCUT2D eigenvalue weighted by Gasteiger charge is -2.26. The predicted molar refractivity (Wildman–Crippen MR) is 175 cm³/mol. The maximum absolute atomic E-state index is 12.9. The number of rotatable bonds is 8. The number of ether oxygens (including phenoxy) is 1. The van der Waals surface area contributed by atoms with Crippen LogP contribution in [0.4, 0.5) is 17.3 Å². The van der Waals surface area contributed by atoms with Crippen molar-refractivity contribution >= 4 is 51.1 Å². The van der Waals surface area contributed by atoms with Crippen LogP contribution in [-0.2, 0) is 11.3 Å². The van der Waals surface area contributed by atoms with Crippen LogP contribution in [0.25, 0.3) is 27.6 Å². The summed E-state index contributed by atoms with van der Waals surface area (Å²) in [6.07, 6.45) is 3.73. The van der Waals surface area contributed by atoms with Crippen LogP contribution in [0.5, 0.6) is 0 Å². The van der Waals surface area contributed by atoms with Gasteiger partial charge in [0.25, 0.3) is 5.91 Å². The SMILES string of the molecule is O=C(Nc1cccc(-c2nc3sccn3c2-c2ccnc(Nc3cccc(CN4CCOCC4)c3)n2)c1)c1ccccc1Cl. The van der Waals surface area contributed by atoms with Crippen molar-refractivity contribution in [2.45, 2.75) is 6.54 Å². The van der Waals surface area contributed by atoms with Gasteiger partial charge in [0.1, 0.15) is 5.69 Å². The monoisotopic (exact) mass is 621 g/mol. The summed E-state index contributed by atoms with van der Waals surface area (Å²) in [5, 5.41) is 8.74. The molecule has 0 radical (unpaired) electrons. The molecule has 6 aromatic rings. The topological polar surface area (TPSA) is 96.7 Å². The van der Waals surface area contributed by atoms with E-state index in [1.807, 2.05) is 58.4 Å². The summed E-state index contributed by atoms with van der Waals surface area (Å²) in [7, 11) is 0. The Bertz CT molecular complexity index is 1950. The number of morpholine rings is 1. The quantitative estimate of drug-likeness (QED) is 0.189. The lowest BCUT2D eigenvalue weighted by molar-refractivity contribution is 0.0342. The first-order chi connectivity index (χ1) is 21.6. The van der Waals surface area contributed by atoms with Crippen LogP contribution in [0.3, 0.4) is 0 Å². The second-order valence-electron chi connectivity index (χ2n) is 10.4. The molecule has 2 N–H and O–H groups in total. The highest BCUT2D eigenvalue weighted by atomic mass is 35.5. The molecule has 0 unspecified atom stereocenters. The van der Waals surface area contributed by atoms with Crippen LogP contribution >= 0.6 is 22.9 Å². The Kier molecular flexibility index (Phi) is 8.04. The number of halogens is 1. The highest BCUT2D eigenvalue weighted by molar-refractivity contribution is 7.15. The number of fused-ring (bicyclic) bond motifs is 1. The number of aromatic nitrogens is 4. The number of carbonyl (C=O) groups excluding carboxylic acids is 1. The standard InChI is InChI=1S/C33H28ClN7O2S/c34-27-10-2-1-9-26(27)31(42)36-25-8-4-6-23(20-25)29-30(41-15-18-44-33(41)39-29)28-11-12-35-32(38-28)37-24-7-3-5-22(19-24)21-40-13-16-43-17-14-40/h1-12,15,18-20H,13-14,16-17,21H2,(H,36,42)(H,35,37,38). The summed E-state index contributed by atoms with van der Waals surface area (Å²) in [5.74, 6) is 0.210. The van der Waals surface area contributed by atoms with E-state index in [4.69, 9.17) is 26.3 Å². The van der Waals surface area contributed by atoms with Crippen molar-refractivity contribution in [2.75, 3.05) is 36.9 Å². The Hall–Kier alpha value is -4.61. The molecule has 0 saturated carbocycles. The summed E-state index contributed by atoms with van der Waals surface area (Å²) in [5.41, 5.74) is 6.34. The van der Waals surface area contributed by atoms with Gasteiger partial charge in [0.2, 0.25) is 5.95 Å². The van der Waals surface area contributed by atoms with Crippen molar-refractivity contribution in [3.8, 4) is 22.6 Å². The Morgan fingerprint density at radius 1 is 0.955 bits per heavy atom. The lowest BCUT2D eigenvalue weighted by atomic mass is 10.1. The fourth-order valence-electron chi connectivity index (χ4n) is 5.26. The zero-order valence-electron chi connectivity index (χ0n) is 23.6. The van der Waals surface area contributed by atoms with Gasteiger partial charge in [-0.05, 0) is 48.0 Å². The number of nitrogens with one attached hydrogen (secondary N) is 2. The van der Waals surface area contributed by atoms with E-state index in [1.54, 1.807) is 41.8 Å². The van der Waals surface area contributed by atoms with E-state index in [-0.39, 0.29) is 5.91 Å². The molecule has 3 aromatic carbocycles. The number of hydrogen-bond donors (Lipinski definition) is 2. The third-order valence-electron chi connectivity index (χ3n) is 7.37. The van der Waals surface area contributed by atoms with Gasteiger partial charge in [0.05, 0.1) is 35.2 Å². The highest BCUT2D eigenvalue weighted by Gasteiger charge is 2.20. The minimum atomic E-state index is -0.278. The number of thiazole rings is 1. The molecule has 1 aliphatic heterocycles. The number of nitrogens with zero attached hydrogens (tertiary/aromatic N) is 5. The average molecular weight is 622 g/mol. The van der Waals surface area contributed by atoms with Crippen molar-refractivity contribution in [1.82, 2.24) is 24.3 Å². The Morgan fingerprint density at radius 2 is 1.80 bits per heavy atom. The van der Waals surface area contributed by atoms with Crippen molar-refractivity contribution in [1.29, 1.82) is 0 Å². The van der Waals surface area contributed by atoms with Gasteiger partial charge in [-0.3, -0.25) is 14.1 Å². The Balaban J connectivity index is 1.17. The Morgan fingerprint density at radius 3 is 2.68 bits per heavy atom. The van der Waals surface area contributed by atoms with Crippen molar-refractivity contribution in [3.05, 3.63) is 113 Å². The van der Waals surface area contributed by atoms with E-state index in [2.05, 4.69) is 32.7 Å². The molecule has 1 aliphatic rings. The summed E-state index contributed by atoms with van der Waals surface area (Å²) >= 11 is 7.79. The fraction of sp³-hybridized carbons (Fsp3) is 0.152. The summed E-state index contributed by atoms with van der Waals surface area (Å²) in [6, 6.07) is 24.8. The molecule has 1 saturated heterocycles. The smallest absolute Gasteiger partial charge is 0.257 e. The zero-order chi connectivity index (χ0) is 29.9. The molecule has 220 valence electrons. The van der Waals surface area contributed by atoms with E-state index in [9.17, 15) is 4.79 Å². The minimum Gasteiger partial charge on any atom is -0.379 e. The minimum absolute atomic E-state index is 0.278. The maximum atomic E-state index is 12.9. The van der Waals surface area contributed by atoms with Gasteiger partial charge in [-0.25, -0.2) is 15.0 Å². The normalized spacial score (nSPS) is 13.7. The van der Waals surface area contributed by atoms with Crippen LogP contribution in [0.15, 0.2) is 96.6 Å². The molecular weight excluding hydrogens is 594 g/mol. The molecule has 1 fully saturated rings.